The van der Waals surface area contributed by atoms with Crippen LogP contribution in [0.5, 0.6) is 11.5 Å². The molecule has 4 nitrogen and oxygen atoms in total. The lowest BCUT2D eigenvalue weighted by Gasteiger charge is -2.12. The molecule has 4 heteroatoms. The smallest absolute Gasteiger partial charge is 0.161 e. The third kappa shape index (κ3) is 2.69. The van der Waals surface area contributed by atoms with E-state index in [4.69, 9.17) is 14.7 Å². The molecule has 0 saturated carbocycles. The van der Waals surface area contributed by atoms with Crippen molar-refractivity contribution in [1.82, 2.24) is 4.98 Å². The number of hydrogen-bond acceptors (Lipinski definition) is 4. The molecule has 1 aromatic heterocycles. The quantitative estimate of drug-likeness (QED) is 0.731. The molecule has 0 fully saturated rings. The maximum atomic E-state index is 9.06. The molecular formula is C19H16N2O2. The molecule has 0 atom stereocenters. The fourth-order valence-corrected chi connectivity index (χ4v) is 2.64. The van der Waals surface area contributed by atoms with Crippen molar-refractivity contribution >= 4 is 10.8 Å². The van der Waals surface area contributed by atoms with Gasteiger partial charge in [-0.15, -0.1) is 0 Å². The van der Waals surface area contributed by atoms with Crippen LogP contribution in [0.25, 0.3) is 22.0 Å². The van der Waals surface area contributed by atoms with E-state index in [9.17, 15) is 0 Å². The van der Waals surface area contributed by atoms with Crippen molar-refractivity contribution in [3.63, 3.8) is 0 Å². The van der Waals surface area contributed by atoms with Crippen molar-refractivity contribution in [2.24, 2.45) is 0 Å². The Hall–Kier alpha value is -3.06. The van der Waals surface area contributed by atoms with Crippen LogP contribution in [-0.2, 0) is 0 Å². The largest absolute Gasteiger partial charge is 0.493 e. The molecule has 0 N–H and O–H groups in total. The Morgan fingerprint density at radius 2 is 1.74 bits per heavy atom. The fraction of sp³-hybridized carbons (Fsp3) is 0.158. The van der Waals surface area contributed by atoms with E-state index in [1.54, 1.807) is 20.3 Å². The van der Waals surface area contributed by atoms with Crippen LogP contribution in [0.2, 0.25) is 0 Å². The highest BCUT2D eigenvalue weighted by Crippen LogP contribution is 2.34. The minimum atomic E-state index is 0.620. The predicted molar refractivity (Wildman–Crippen MR) is 89.7 cm³/mol. The van der Waals surface area contributed by atoms with E-state index in [1.807, 2.05) is 43.3 Å². The highest BCUT2D eigenvalue weighted by molar-refractivity contribution is 5.90. The molecule has 3 aromatic rings. The summed E-state index contributed by atoms with van der Waals surface area (Å²) in [6.07, 6.45) is 0. The van der Waals surface area contributed by atoms with Gasteiger partial charge in [-0.1, -0.05) is 12.1 Å². The second-order valence-corrected chi connectivity index (χ2v) is 5.21. The predicted octanol–water partition coefficient (Wildman–Crippen LogP) is 4.10. The summed E-state index contributed by atoms with van der Waals surface area (Å²) in [6, 6.07) is 15.5. The number of aromatic nitrogens is 1. The third-order valence-electron chi connectivity index (χ3n) is 3.81. The summed E-state index contributed by atoms with van der Waals surface area (Å²) in [5.41, 5.74) is 3.28. The topological polar surface area (TPSA) is 55.1 Å². The summed E-state index contributed by atoms with van der Waals surface area (Å²) in [5, 5.41) is 11.1. The number of ether oxygens (including phenoxy) is 2. The van der Waals surface area contributed by atoms with Crippen molar-refractivity contribution in [3.05, 3.63) is 53.7 Å². The van der Waals surface area contributed by atoms with Crippen molar-refractivity contribution in [1.29, 1.82) is 5.26 Å². The van der Waals surface area contributed by atoms with Gasteiger partial charge in [0.2, 0.25) is 0 Å². The maximum Gasteiger partial charge on any atom is 0.161 e. The molecule has 0 spiro atoms. The van der Waals surface area contributed by atoms with Gasteiger partial charge < -0.3 is 9.47 Å². The van der Waals surface area contributed by atoms with Crippen LogP contribution in [0.15, 0.2) is 42.5 Å². The van der Waals surface area contributed by atoms with E-state index in [0.717, 1.165) is 27.7 Å². The van der Waals surface area contributed by atoms with Gasteiger partial charge in [0.1, 0.15) is 0 Å². The third-order valence-corrected chi connectivity index (χ3v) is 3.81. The number of methoxy groups -OCH3 is 2. The number of pyridine rings is 1. The van der Waals surface area contributed by atoms with Crippen LogP contribution in [0.4, 0.5) is 0 Å². The number of fused-ring (bicyclic) bond motifs is 1. The van der Waals surface area contributed by atoms with E-state index in [2.05, 4.69) is 11.1 Å². The molecule has 2 aromatic carbocycles. The Morgan fingerprint density at radius 1 is 1.00 bits per heavy atom. The first-order valence-electron chi connectivity index (χ1n) is 7.20. The molecular weight excluding hydrogens is 288 g/mol. The molecule has 0 saturated heterocycles. The summed E-state index contributed by atoms with van der Waals surface area (Å²) < 4.78 is 10.7. The first-order chi connectivity index (χ1) is 11.2. The Kier molecular flexibility index (Phi) is 3.86. The SMILES string of the molecule is COc1cc2cc(-c3cccc(C#N)c3)nc(C)c2cc1OC. The van der Waals surface area contributed by atoms with Crippen molar-refractivity contribution < 1.29 is 9.47 Å². The van der Waals surface area contributed by atoms with Gasteiger partial charge in [-0.3, -0.25) is 4.98 Å². The molecule has 23 heavy (non-hydrogen) atoms. The van der Waals surface area contributed by atoms with Gasteiger partial charge in [-0.25, -0.2) is 0 Å². The average molecular weight is 304 g/mol. The second-order valence-electron chi connectivity index (χ2n) is 5.21. The Morgan fingerprint density at radius 3 is 2.43 bits per heavy atom. The molecule has 0 unspecified atom stereocenters. The van der Waals surface area contributed by atoms with Gasteiger partial charge in [0.15, 0.2) is 11.5 Å². The second kappa shape index (κ2) is 5.98. The van der Waals surface area contributed by atoms with Gasteiger partial charge in [0.25, 0.3) is 0 Å². The lowest BCUT2D eigenvalue weighted by atomic mass is 10.0. The average Bonchev–Trinajstić information content (AvgIpc) is 2.60. The van der Waals surface area contributed by atoms with E-state index in [-0.39, 0.29) is 0 Å². The monoisotopic (exact) mass is 304 g/mol. The fourth-order valence-electron chi connectivity index (χ4n) is 2.64. The molecule has 0 aliphatic heterocycles. The summed E-state index contributed by atoms with van der Waals surface area (Å²) in [4.78, 5) is 4.67. The number of hydrogen-bond donors (Lipinski definition) is 0. The van der Waals surface area contributed by atoms with Crippen LogP contribution >= 0.6 is 0 Å². The summed E-state index contributed by atoms with van der Waals surface area (Å²) in [7, 11) is 3.24. The van der Waals surface area contributed by atoms with E-state index in [1.165, 1.54) is 0 Å². The van der Waals surface area contributed by atoms with Gasteiger partial charge in [-0.05, 0) is 42.6 Å². The normalized spacial score (nSPS) is 10.3. The Balaban J connectivity index is 2.22. The molecule has 0 aliphatic carbocycles. The molecule has 114 valence electrons. The zero-order chi connectivity index (χ0) is 16.4. The van der Waals surface area contributed by atoms with Crippen LogP contribution in [-0.4, -0.2) is 19.2 Å². The highest BCUT2D eigenvalue weighted by atomic mass is 16.5. The molecule has 0 bridgehead atoms. The molecule has 0 amide bonds. The Bertz CT molecular complexity index is 927. The van der Waals surface area contributed by atoms with Gasteiger partial charge >= 0.3 is 0 Å². The van der Waals surface area contributed by atoms with E-state index in [0.29, 0.717) is 17.1 Å². The number of rotatable bonds is 3. The number of aryl methyl sites for hydroxylation is 1. The first kappa shape index (κ1) is 14.9. The van der Waals surface area contributed by atoms with Gasteiger partial charge in [-0.2, -0.15) is 5.26 Å². The first-order valence-corrected chi connectivity index (χ1v) is 7.20. The summed E-state index contributed by atoms with van der Waals surface area (Å²) in [5.74, 6) is 1.37. The molecule has 3 rings (SSSR count). The Labute approximate surface area is 134 Å². The van der Waals surface area contributed by atoms with Crippen molar-refractivity contribution in [2.45, 2.75) is 6.92 Å². The van der Waals surface area contributed by atoms with Crippen LogP contribution in [0.3, 0.4) is 0 Å². The standard InChI is InChI=1S/C19H16N2O2/c1-12-16-10-19(23-3)18(22-2)9-15(16)8-17(21-12)14-6-4-5-13(7-14)11-20/h4-10H,1-3H3. The van der Waals surface area contributed by atoms with E-state index < -0.39 is 0 Å². The van der Waals surface area contributed by atoms with Gasteiger partial charge in [0, 0.05) is 16.6 Å². The van der Waals surface area contributed by atoms with Crippen LogP contribution in [0, 0.1) is 18.3 Å². The minimum Gasteiger partial charge on any atom is -0.493 e. The van der Waals surface area contributed by atoms with Crippen LogP contribution in [0.1, 0.15) is 11.3 Å². The zero-order valence-corrected chi connectivity index (χ0v) is 13.3. The lowest BCUT2D eigenvalue weighted by Crippen LogP contribution is -1.94. The molecule has 0 radical (unpaired) electrons. The minimum absolute atomic E-state index is 0.620. The summed E-state index contributed by atoms with van der Waals surface area (Å²) >= 11 is 0. The zero-order valence-electron chi connectivity index (χ0n) is 13.3. The number of nitriles is 1. The number of benzene rings is 2. The van der Waals surface area contributed by atoms with Crippen molar-refractivity contribution in [2.75, 3.05) is 14.2 Å². The lowest BCUT2D eigenvalue weighted by molar-refractivity contribution is 0.356. The molecule has 0 aliphatic rings. The van der Waals surface area contributed by atoms with Crippen LogP contribution < -0.4 is 9.47 Å². The van der Waals surface area contributed by atoms with Crippen molar-refractivity contribution in [3.8, 4) is 28.8 Å². The van der Waals surface area contributed by atoms with Gasteiger partial charge in [0.05, 0.1) is 31.5 Å². The maximum absolute atomic E-state index is 9.06. The number of nitrogens with zero attached hydrogens (tertiary/aromatic N) is 2. The summed E-state index contributed by atoms with van der Waals surface area (Å²) in [6.45, 7) is 1.96. The molecule has 1 heterocycles. The highest BCUT2D eigenvalue weighted by Gasteiger charge is 2.11. The van der Waals surface area contributed by atoms with E-state index >= 15 is 0 Å².